The highest BCUT2D eigenvalue weighted by molar-refractivity contribution is 7.07. The number of rotatable bonds is 5. The number of nitrogens with zero attached hydrogens (tertiary/aromatic N) is 2. The predicted octanol–water partition coefficient (Wildman–Crippen LogP) is 1.94. The standard InChI is InChI=1S/C19H29N3O2S/c1-2-21-8-9-24-16(13-21)18(23)22(12-15-3-10-25-14-15)17-11-19(17)4-6-20-7-5-19/h3,10,14,16-17,20H,2,4-9,11-13H2,1H3. The molecule has 6 heteroatoms. The quantitative estimate of drug-likeness (QED) is 0.868. The second-order valence-electron chi connectivity index (χ2n) is 7.68. The molecular formula is C19H29N3O2S. The van der Waals surface area contributed by atoms with E-state index in [1.54, 1.807) is 11.3 Å². The zero-order valence-electron chi connectivity index (χ0n) is 15.1. The molecule has 2 atom stereocenters. The highest BCUT2D eigenvalue weighted by Crippen LogP contribution is 2.56. The molecule has 1 aliphatic carbocycles. The average molecular weight is 364 g/mol. The molecule has 2 aliphatic heterocycles. The summed E-state index contributed by atoms with van der Waals surface area (Å²) in [4.78, 5) is 17.8. The van der Waals surface area contributed by atoms with E-state index in [4.69, 9.17) is 4.74 Å². The van der Waals surface area contributed by atoms with Crippen LogP contribution in [0.3, 0.4) is 0 Å². The highest BCUT2D eigenvalue weighted by Gasteiger charge is 2.58. The average Bonchev–Trinajstić information content (AvgIpc) is 3.08. The summed E-state index contributed by atoms with van der Waals surface area (Å²) in [6, 6.07) is 2.53. The molecule has 3 heterocycles. The molecule has 0 aromatic carbocycles. The van der Waals surface area contributed by atoms with E-state index in [0.29, 0.717) is 18.1 Å². The first-order chi connectivity index (χ1) is 12.2. The van der Waals surface area contributed by atoms with Gasteiger partial charge >= 0.3 is 0 Å². The molecule has 2 unspecified atom stereocenters. The minimum Gasteiger partial charge on any atom is -0.366 e. The van der Waals surface area contributed by atoms with E-state index in [9.17, 15) is 4.79 Å². The van der Waals surface area contributed by atoms with Crippen LogP contribution in [0.25, 0.3) is 0 Å². The molecule has 0 radical (unpaired) electrons. The second-order valence-corrected chi connectivity index (χ2v) is 8.46. The topological polar surface area (TPSA) is 44.8 Å². The smallest absolute Gasteiger partial charge is 0.253 e. The molecule has 4 rings (SSSR count). The number of piperidine rings is 1. The number of carbonyl (C=O) groups excluding carboxylic acids is 1. The van der Waals surface area contributed by atoms with Crippen LogP contribution < -0.4 is 5.32 Å². The molecule has 1 aromatic heterocycles. The van der Waals surface area contributed by atoms with Gasteiger partial charge in [0.15, 0.2) is 0 Å². The normalized spacial score (nSPS) is 28.8. The number of ether oxygens (including phenoxy) is 1. The second kappa shape index (κ2) is 7.35. The van der Waals surface area contributed by atoms with Crippen molar-refractivity contribution in [3.8, 4) is 0 Å². The van der Waals surface area contributed by atoms with E-state index in [-0.39, 0.29) is 12.0 Å². The van der Waals surface area contributed by atoms with E-state index >= 15 is 0 Å². The van der Waals surface area contributed by atoms with Gasteiger partial charge in [0.2, 0.25) is 0 Å². The van der Waals surface area contributed by atoms with E-state index in [0.717, 1.165) is 45.7 Å². The van der Waals surface area contributed by atoms with E-state index in [1.807, 2.05) is 0 Å². The largest absolute Gasteiger partial charge is 0.366 e. The van der Waals surface area contributed by atoms with Crippen molar-refractivity contribution in [2.75, 3.05) is 39.3 Å². The van der Waals surface area contributed by atoms with Crippen LogP contribution in [0.15, 0.2) is 16.8 Å². The van der Waals surface area contributed by atoms with Gasteiger partial charge in [0, 0.05) is 25.7 Å². The lowest BCUT2D eigenvalue weighted by atomic mass is 9.93. The van der Waals surface area contributed by atoms with Gasteiger partial charge in [-0.15, -0.1) is 0 Å². The van der Waals surface area contributed by atoms with Gasteiger partial charge in [0.1, 0.15) is 6.10 Å². The van der Waals surface area contributed by atoms with E-state index in [1.165, 1.54) is 18.4 Å². The van der Waals surface area contributed by atoms with Crippen molar-refractivity contribution in [1.82, 2.24) is 15.1 Å². The fourth-order valence-electron chi connectivity index (χ4n) is 4.47. The Morgan fingerprint density at radius 2 is 2.32 bits per heavy atom. The van der Waals surface area contributed by atoms with Gasteiger partial charge in [-0.3, -0.25) is 9.69 Å². The number of hydrogen-bond donors (Lipinski definition) is 1. The van der Waals surface area contributed by atoms with Crippen molar-refractivity contribution in [1.29, 1.82) is 0 Å². The van der Waals surface area contributed by atoms with Crippen LogP contribution >= 0.6 is 11.3 Å². The molecule has 1 spiro atoms. The Bertz CT molecular complexity index is 585. The Morgan fingerprint density at radius 3 is 3.04 bits per heavy atom. The molecule has 1 aromatic rings. The van der Waals surface area contributed by atoms with Crippen LogP contribution in [0.4, 0.5) is 0 Å². The maximum atomic E-state index is 13.4. The number of carbonyl (C=O) groups is 1. The Morgan fingerprint density at radius 1 is 1.48 bits per heavy atom. The summed E-state index contributed by atoms with van der Waals surface area (Å²) < 4.78 is 5.88. The maximum absolute atomic E-state index is 13.4. The summed E-state index contributed by atoms with van der Waals surface area (Å²) in [6.45, 7) is 8.36. The summed E-state index contributed by atoms with van der Waals surface area (Å²) >= 11 is 1.70. The fraction of sp³-hybridized carbons (Fsp3) is 0.737. The van der Waals surface area contributed by atoms with Crippen LogP contribution in [-0.2, 0) is 16.1 Å². The molecular weight excluding hydrogens is 334 g/mol. The van der Waals surface area contributed by atoms with E-state index < -0.39 is 0 Å². The monoisotopic (exact) mass is 363 g/mol. The Balaban J connectivity index is 1.50. The third-order valence-electron chi connectivity index (χ3n) is 6.21. The Hall–Kier alpha value is -0.950. The van der Waals surface area contributed by atoms with Crippen molar-refractivity contribution >= 4 is 17.2 Å². The molecule has 1 saturated carbocycles. The number of amides is 1. The number of hydrogen-bond acceptors (Lipinski definition) is 5. The minimum absolute atomic E-state index is 0.199. The predicted molar refractivity (Wildman–Crippen MR) is 99.7 cm³/mol. The molecule has 5 nitrogen and oxygen atoms in total. The highest BCUT2D eigenvalue weighted by atomic mass is 32.1. The molecule has 3 fully saturated rings. The first kappa shape index (κ1) is 17.5. The molecule has 2 saturated heterocycles. The molecule has 1 N–H and O–H groups in total. The van der Waals surface area contributed by atoms with Gasteiger partial charge in [-0.05, 0) is 66.7 Å². The molecule has 1 amide bonds. The van der Waals surface area contributed by atoms with E-state index in [2.05, 4.69) is 38.9 Å². The fourth-order valence-corrected chi connectivity index (χ4v) is 5.13. The van der Waals surface area contributed by atoms with Gasteiger partial charge < -0.3 is 15.0 Å². The Kier molecular flexibility index (Phi) is 5.13. The minimum atomic E-state index is -0.299. The SMILES string of the molecule is CCN1CCOC(C(=O)N(Cc2ccsc2)C2CC23CCNCC3)C1. The van der Waals surface area contributed by atoms with Crippen LogP contribution in [0, 0.1) is 5.41 Å². The van der Waals surface area contributed by atoms with Crippen molar-refractivity contribution in [3.63, 3.8) is 0 Å². The van der Waals surface area contributed by atoms with Gasteiger partial charge in [-0.25, -0.2) is 0 Å². The van der Waals surface area contributed by atoms with Crippen LogP contribution in [-0.4, -0.2) is 67.2 Å². The van der Waals surface area contributed by atoms with Crippen LogP contribution in [0.5, 0.6) is 0 Å². The maximum Gasteiger partial charge on any atom is 0.253 e. The first-order valence-corrected chi connectivity index (χ1v) is 10.5. The summed E-state index contributed by atoms with van der Waals surface area (Å²) in [5.74, 6) is 0.199. The van der Waals surface area contributed by atoms with Crippen molar-refractivity contribution in [3.05, 3.63) is 22.4 Å². The van der Waals surface area contributed by atoms with Crippen LogP contribution in [0.1, 0.15) is 31.7 Å². The number of thiophene rings is 1. The van der Waals surface area contributed by atoms with Gasteiger partial charge in [-0.2, -0.15) is 11.3 Å². The molecule has 25 heavy (non-hydrogen) atoms. The summed E-state index contributed by atoms with van der Waals surface area (Å²) in [5.41, 5.74) is 1.60. The lowest BCUT2D eigenvalue weighted by Crippen LogP contribution is -2.52. The Labute approximate surface area is 154 Å². The lowest BCUT2D eigenvalue weighted by molar-refractivity contribution is -0.151. The third-order valence-corrected chi connectivity index (χ3v) is 6.94. The van der Waals surface area contributed by atoms with Gasteiger partial charge in [0.25, 0.3) is 5.91 Å². The lowest BCUT2D eigenvalue weighted by Gasteiger charge is -2.36. The van der Waals surface area contributed by atoms with Crippen LogP contribution in [0.2, 0.25) is 0 Å². The van der Waals surface area contributed by atoms with Gasteiger partial charge in [-0.1, -0.05) is 6.92 Å². The zero-order valence-corrected chi connectivity index (χ0v) is 15.9. The van der Waals surface area contributed by atoms with Gasteiger partial charge in [0.05, 0.1) is 6.61 Å². The molecule has 0 bridgehead atoms. The summed E-state index contributed by atoms with van der Waals surface area (Å²) in [7, 11) is 0. The van der Waals surface area contributed by atoms with Crippen molar-refractivity contribution < 1.29 is 9.53 Å². The zero-order chi connectivity index (χ0) is 17.3. The summed E-state index contributed by atoms with van der Waals surface area (Å²) in [5, 5.41) is 7.72. The number of nitrogens with one attached hydrogen (secondary N) is 1. The molecule has 138 valence electrons. The first-order valence-electron chi connectivity index (χ1n) is 9.58. The number of likely N-dealkylation sites (N-methyl/N-ethyl adjacent to an activating group) is 1. The molecule has 3 aliphatic rings. The van der Waals surface area contributed by atoms with Crippen molar-refractivity contribution in [2.45, 2.75) is 44.9 Å². The number of morpholine rings is 1. The third kappa shape index (κ3) is 3.63. The summed E-state index contributed by atoms with van der Waals surface area (Å²) in [6.07, 6.45) is 3.25. The van der Waals surface area contributed by atoms with Crippen molar-refractivity contribution in [2.24, 2.45) is 5.41 Å².